The second-order valence-electron chi connectivity index (χ2n) is 7.14. The minimum atomic E-state index is -4.50. The Hall–Kier alpha value is -2.32. The molecule has 152 valence electrons. The van der Waals surface area contributed by atoms with Crippen molar-refractivity contribution in [2.24, 2.45) is 0 Å². The summed E-state index contributed by atoms with van der Waals surface area (Å²) in [5, 5.41) is 12.0. The Balaban J connectivity index is 1.63. The van der Waals surface area contributed by atoms with Crippen molar-refractivity contribution < 1.29 is 18.3 Å². The van der Waals surface area contributed by atoms with Crippen molar-refractivity contribution in [2.45, 2.75) is 29.5 Å². The average molecular weight is 419 g/mol. The van der Waals surface area contributed by atoms with E-state index in [1.54, 1.807) is 11.8 Å². The Morgan fingerprint density at radius 2 is 1.79 bits per heavy atom. The van der Waals surface area contributed by atoms with E-state index >= 15 is 0 Å². The number of fused-ring (bicyclic) bond motifs is 1. The van der Waals surface area contributed by atoms with Crippen LogP contribution in [0, 0.1) is 0 Å². The van der Waals surface area contributed by atoms with Gasteiger partial charge in [0, 0.05) is 23.4 Å². The third-order valence-electron chi connectivity index (χ3n) is 5.45. The SMILES string of the molecule is CSc1ccc2ncnc(N3CCC(O)(c4ccccc4C(F)(F)F)CC3)c2c1. The van der Waals surface area contributed by atoms with Crippen LogP contribution in [-0.2, 0) is 11.8 Å². The maximum atomic E-state index is 13.4. The second kappa shape index (κ2) is 7.50. The van der Waals surface area contributed by atoms with Gasteiger partial charge in [0.2, 0.25) is 0 Å². The van der Waals surface area contributed by atoms with Gasteiger partial charge in [0.1, 0.15) is 12.1 Å². The van der Waals surface area contributed by atoms with Gasteiger partial charge in [0.25, 0.3) is 0 Å². The van der Waals surface area contributed by atoms with Crippen molar-refractivity contribution in [3.63, 3.8) is 0 Å². The van der Waals surface area contributed by atoms with Crippen LogP contribution in [0.4, 0.5) is 19.0 Å². The molecule has 8 heteroatoms. The first-order valence-corrected chi connectivity index (χ1v) is 10.5. The van der Waals surface area contributed by atoms with Crippen molar-refractivity contribution in [1.82, 2.24) is 9.97 Å². The number of piperidine rings is 1. The first-order valence-electron chi connectivity index (χ1n) is 9.25. The summed E-state index contributed by atoms with van der Waals surface area (Å²) in [4.78, 5) is 11.8. The summed E-state index contributed by atoms with van der Waals surface area (Å²) >= 11 is 1.62. The molecule has 1 saturated heterocycles. The van der Waals surface area contributed by atoms with E-state index in [-0.39, 0.29) is 18.4 Å². The zero-order valence-corrected chi connectivity index (χ0v) is 16.6. The fourth-order valence-electron chi connectivity index (χ4n) is 3.89. The molecule has 1 aliphatic rings. The van der Waals surface area contributed by atoms with E-state index in [4.69, 9.17) is 0 Å². The molecule has 0 aliphatic carbocycles. The van der Waals surface area contributed by atoms with Crippen LogP contribution in [0.25, 0.3) is 10.9 Å². The second-order valence-corrected chi connectivity index (χ2v) is 8.02. The molecule has 4 nitrogen and oxygen atoms in total. The van der Waals surface area contributed by atoms with Crippen LogP contribution in [0.5, 0.6) is 0 Å². The summed E-state index contributed by atoms with van der Waals surface area (Å²) in [7, 11) is 0. The number of rotatable bonds is 3. The number of benzene rings is 2. The lowest BCUT2D eigenvalue weighted by atomic mass is 9.81. The highest BCUT2D eigenvalue weighted by molar-refractivity contribution is 7.98. The van der Waals surface area contributed by atoms with Crippen LogP contribution >= 0.6 is 11.8 Å². The van der Waals surface area contributed by atoms with Crippen molar-refractivity contribution in [3.8, 4) is 0 Å². The van der Waals surface area contributed by atoms with Gasteiger partial charge in [-0.15, -0.1) is 11.8 Å². The van der Waals surface area contributed by atoms with Crippen molar-refractivity contribution in [2.75, 3.05) is 24.2 Å². The van der Waals surface area contributed by atoms with E-state index in [1.807, 2.05) is 29.4 Å². The smallest absolute Gasteiger partial charge is 0.385 e. The van der Waals surface area contributed by atoms with Crippen LogP contribution in [0.3, 0.4) is 0 Å². The molecular formula is C21H20F3N3OS. The standard InChI is InChI=1S/C21H20F3N3OS/c1-29-14-6-7-18-15(12-14)19(26-13-25-18)27-10-8-20(28,9-11-27)16-4-2-3-5-17(16)21(22,23)24/h2-7,12-13,28H,8-11H2,1H3. The minimum absolute atomic E-state index is 0.0515. The molecule has 1 fully saturated rings. The summed E-state index contributed by atoms with van der Waals surface area (Å²) in [5.41, 5.74) is -1.52. The molecule has 0 atom stereocenters. The summed E-state index contributed by atoms with van der Waals surface area (Å²) in [6.07, 6.45) is -0.637. The molecule has 0 amide bonds. The molecule has 0 unspecified atom stereocenters. The van der Waals surface area contributed by atoms with Gasteiger partial charge in [0.05, 0.1) is 16.7 Å². The van der Waals surface area contributed by atoms with Crippen molar-refractivity contribution >= 4 is 28.5 Å². The van der Waals surface area contributed by atoms with Gasteiger partial charge >= 0.3 is 6.18 Å². The summed E-state index contributed by atoms with van der Waals surface area (Å²) in [6.45, 7) is 0.802. The maximum absolute atomic E-state index is 13.4. The quantitative estimate of drug-likeness (QED) is 0.615. The number of aliphatic hydroxyl groups is 1. The molecule has 0 bridgehead atoms. The largest absolute Gasteiger partial charge is 0.416 e. The Kier molecular flexibility index (Phi) is 5.16. The maximum Gasteiger partial charge on any atom is 0.416 e. The lowest BCUT2D eigenvalue weighted by Crippen LogP contribution is -2.44. The number of hydrogen-bond acceptors (Lipinski definition) is 5. The Bertz CT molecular complexity index is 1030. The first kappa shape index (κ1) is 20.0. The zero-order valence-electron chi connectivity index (χ0n) is 15.8. The number of hydrogen-bond donors (Lipinski definition) is 1. The van der Waals surface area contributed by atoms with Gasteiger partial charge in [-0.05, 0) is 48.9 Å². The molecule has 2 aromatic carbocycles. The summed E-state index contributed by atoms with van der Waals surface area (Å²) < 4.78 is 40.3. The highest BCUT2D eigenvalue weighted by Gasteiger charge is 2.42. The molecule has 0 spiro atoms. The van der Waals surface area contributed by atoms with Crippen molar-refractivity contribution in [1.29, 1.82) is 0 Å². The van der Waals surface area contributed by atoms with Gasteiger partial charge in [0.15, 0.2) is 0 Å². The third kappa shape index (κ3) is 3.79. The zero-order chi connectivity index (χ0) is 20.6. The topological polar surface area (TPSA) is 49.2 Å². The first-order chi connectivity index (χ1) is 13.8. The van der Waals surface area contributed by atoms with Gasteiger partial charge in [-0.25, -0.2) is 9.97 Å². The highest BCUT2D eigenvalue weighted by atomic mass is 32.2. The lowest BCUT2D eigenvalue weighted by Gasteiger charge is -2.40. The molecule has 1 aromatic heterocycles. The number of thioether (sulfide) groups is 1. The minimum Gasteiger partial charge on any atom is -0.385 e. The predicted molar refractivity (Wildman–Crippen MR) is 108 cm³/mol. The molecular weight excluding hydrogens is 399 g/mol. The van der Waals surface area contributed by atoms with Crippen LogP contribution in [0.1, 0.15) is 24.0 Å². The van der Waals surface area contributed by atoms with Crippen LogP contribution in [-0.4, -0.2) is 34.4 Å². The molecule has 4 rings (SSSR count). The Morgan fingerprint density at radius 3 is 2.48 bits per heavy atom. The normalized spacial score (nSPS) is 16.9. The van der Waals surface area contributed by atoms with Crippen LogP contribution in [0.15, 0.2) is 53.7 Å². The number of alkyl halides is 3. The Labute approximate surface area is 170 Å². The average Bonchev–Trinajstić information content (AvgIpc) is 2.73. The summed E-state index contributed by atoms with van der Waals surface area (Å²) in [5.74, 6) is 0.747. The molecule has 29 heavy (non-hydrogen) atoms. The lowest BCUT2D eigenvalue weighted by molar-refractivity contribution is -0.141. The van der Waals surface area contributed by atoms with Crippen LogP contribution < -0.4 is 4.90 Å². The van der Waals surface area contributed by atoms with E-state index in [2.05, 4.69) is 9.97 Å². The van der Waals surface area contributed by atoms with Gasteiger partial charge in [-0.2, -0.15) is 13.2 Å². The van der Waals surface area contributed by atoms with Crippen LogP contribution in [0.2, 0.25) is 0 Å². The number of nitrogens with zero attached hydrogens (tertiary/aromatic N) is 3. The van der Waals surface area contributed by atoms with Gasteiger partial charge < -0.3 is 10.0 Å². The molecule has 2 heterocycles. The van der Waals surface area contributed by atoms with E-state index in [9.17, 15) is 18.3 Å². The van der Waals surface area contributed by atoms with E-state index in [0.717, 1.165) is 27.7 Å². The monoisotopic (exact) mass is 419 g/mol. The van der Waals surface area contributed by atoms with E-state index in [0.29, 0.717) is 13.1 Å². The summed E-state index contributed by atoms with van der Waals surface area (Å²) in [6, 6.07) is 11.2. The fraction of sp³-hybridized carbons (Fsp3) is 0.333. The van der Waals surface area contributed by atoms with Crippen molar-refractivity contribution in [3.05, 3.63) is 59.9 Å². The predicted octanol–water partition coefficient (Wildman–Crippen LogP) is 4.86. The molecule has 1 N–H and O–H groups in total. The number of anilines is 1. The van der Waals surface area contributed by atoms with E-state index < -0.39 is 17.3 Å². The van der Waals surface area contributed by atoms with E-state index in [1.165, 1.54) is 24.5 Å². The fourth-order valence-corrected chi connectivity index (χ4v) is 4.33. The number of halogens is 3. The highest BCUT2D eigenvalue weighted by Crippen LogP contribution is 2.42. The number of aromatic nitrogens is 2. The molecule has 3 aromatic rings. The third-order valence-corrected chi connectivity index (χ3v) is 6.17. The van der Waals surface area contributed by atoms with Gasteiger partial charge in [-0.1, -0.05) is 18.2 Å². The Morgan fingerprint density at radius 1 is 1.07 bits per heavy atom. The molecule has 0 radical (unpaired) electrons. The van der Waals surface area contributed by atoms with Gasteiger partial charge in [-0.3, -0.25) is 0 Å². The molecule has 1 aliphatic heterocycles. The molecule has 0 saturated carbocycles.